The number of rotatable bonds is 2. The predicted molar refractivity (Wildman–Crippen MR) is 130 cm³/mol. The molecule has 1 aliphatic heterocycles. The first kappa shape index (κ1) is 24.8. The van der Waals surface area contributed by atoms with E-state index in [2.05, 4.69) is 32.8 Å². The lowest BCUT2D eigenvalue weighted by atomic mass is 9.58. The molecule has 2 saturated carbocycles. The fourth-order valence-electron chi connectivity index (χ4n) is 8.00. The lowest BCUT2D eigenvalue weighted by molar-refractivity contribution is -0.312. The molecule has 0 radical (unpaired) electrons. The summed E-state index contributed by atoms with van der Waals surface area (Å²) in [5.74, 6) is 1.99. The van der Waals surface area contributed by atoms with Crippen molar-refractivity contribution in [2.75, 3.05) is 20.2 Å². The van der Waals surface area contributed by atoms with Gasteiger partial charge in [-0.15, -0.1) is 6.42 Å². The molecule has 1 saturated heterocycles. The first-order valence-corrected chi connectivity index (χ1v) is 12.7. The van der Waals surface area contributed by atoms with Crippen LogP contribution in [0.4, 0.5) is 4.79 Å². The van der Waals surface area contributed by atoms with E-state index in [1.165, 1.54) is 4.90 Å². The molecule has 5 aliphatic rings. The third-order valence-electron chi connectivity index (χ3n) is 9.79. The van der Waals surface area contributed by atoms with Gasteiger partial charge in [-0.3, -0.25) is 0 Å². The molecular formula is C28H39NO6. The van der Waals surface area contributed by atoms with E-state index in [1.807, 2.05) is 26.8 Å². The number of hydrogen-bond acceptors (Lipinski definition) is 6. The maximum atomic E-state index is 13.0. The molecule has 192 valence electrons. The molecule has 7 nitrogen and oxygen atoms in total. The molecule has 2 bridgehead atoms. The van der Waals surface area contributed by atoms with Crippen molar-refractivity contribution in [2.45, 2.75) is 77.7 Å². The Morgan fingerprint density at radius 2 is 2.03 bits per heavy atom. The number of hydrogen-bond donors (Lipinski definition) is 2. The molecule has 1 amide bonds. The average molecular weight is 486 g/mol. The molecule has 1 heterocycles. The average Bonchev–Trinajstić information content (AvgIpc) is 3.26. The first-order chi connectivity index (χ1) is 16.2. The number of carbonyl (C=O) groups is 1. The van der Waals surface area contributed by atoms with Crippen molar-refractivity contribution < 1.29 is 29.2 Å². The first-order valence-electron chi connectivity index (χ1n) is 12.7. The Bertz CT molecular complexity index is 1040. The molecule has 1 spiro atoms. The van der Waals surface area contributed by atoms with Gasteiger partial charge in [0.1, 0.15) is 11.7 Å². The third kappa shape index (κ3) is 3.16. The van der Waals surface area contributed by atoms with Crippen LogP contribution in [0.25, 0.3) is 0 Å². The fraction of sp³-hybridized carbons (Fsp3) is 0.750. The summed E-state index contributed by atoms with van der Waals surface area (Å²) in [4.78, 5) is 14.3. The van der Waals surface area contributed by atoms with Crippen molar-refractivity contribution in [3.63, 3.8) is 0 Å². The van der Waals surface area contributed by atoms with Crippen LogP contribution in [-0.4, -0.2) is 71.1 Å². The third-order valence-corrected chi connectivity index (χ3v) is 9.79. The van der Waals surface area contributed by atoms with Crippen molar-refractivity contribution in [3.8, 4) is 12.3 Å². The van der Waals surface area contributed by atoms with Crippen LogP contribution >= 0.6 is 0 Å². The Labute approximate surface area is 208 Å². The van der Waals surface area contributed by atoms with E-state index in [0.717, 1.165) is 12.0 Å². The van der Waals surface area contributed by atoms with E-state index >= 15 is 0 Å². The van der Waals surface area contributed by atoms with Crippen molar-refractivity contribution in [1.29, 1.82) is 0 Å². The Balaban J connectivity index is 1.68. The highest BCUT2D eigenvalue weighted by atomic mass is 16.7. The van der Waals surface area contributed by atoms with Crippen molar-refractivity contribution in [3.05, 3.63) is 23.3 Å². The molecule has 0 aromatic rings. The van der Waals surface area contributed by atoms with Gasteiger partial charge in [-0.2, -0.15) is 0 Å². The van der Waals surface area contributed by atoms with Crippen LogP contribution < -0.4 is 0 Å². The molecule has 7 heteroatoms. The number of terminal acetylenes is 1. The predicted octanol–water partition coefficient (Wildman–Crippen LogP) is 3.11. The zero-order chi connectivity index (χ0) is 25.7. The molecule has 0 aromatic heterocycles. The van der Waals surface area contributed by atoms with Crippen molar-refractivity contribution in [2.24, 2.45) is 34.5 Å². The van der Waals surface area contributed by atoms with E-state index in [9.17, 15) is 15.0 Å². The normalized spacial score (nSPS) is 46.3. The monoisotopic (exact) mass is 485 g/mol. The van der Waals surface area contributed by atoms with Crippen LogP contribution in [0.15, 0.2) is 23.3 Å². The highest BCUT2D eigenvalue weighted by Gasteiger charge is 2.77. The maximum Gasteiger partial charge on any atom is 0.411 e. The van der Waals surface area contributed by atoms with Crippen LogP contribution in [0.3, 0.4) is 0 Å². The summed E-state index contributed by atoms with van der Waals surface area (Å²) in [6, 6.07) is 0. The number of ether oxygens (including phenoxy) is 3. The minimum atomic E-state index is -1.72. The largest absolute Gasteiger partial charge is 0.438 e. The van der Waals surface area contributed by atoms with E-state index in [-0.39, 0.29) is 30.4 Å². The molecule has 4 aliphatic carbocycles. The van der Waals surface area contributed by atoms with Crippen LogP contribution in [0.1, 0.15) is 48.0 Å². The van der Waals surface area contributed by atoms with E-state index < -0.39 is 41.2 Å². The van der Waals surface area contributed by atoms with E-state index in [0.29, 0.717) is 17.4 Å². The Morgan fingerprint density at radius 1 is 1.34 bits per heavy atom. The van der Waals surface area contributed by atoms with Gasteiger partial charge in [0.25, 0.3) is 0 Å². The van der Waals surface area contributed by atoms with Gasteiger partial charge in [0.2, 0.25) is 0 Å². The van der Waals surface area contributed by atoms with E-state index in [1.54, 1.807) is 7.05 Å². The standard InChI is InChI=1S/C28H39NO6/c1-9-10-29(8)24(31)34-22-15(2)13-27-16(3)11-19-20(25(19,4)5)18(21(27)30)12-17-14-33-26(6,7)35-23(17)28(22,27)32/h1,12-13,16,18-23,30,32H,10-11,14H2,2-8H3/t16-,18+,19-,20+,21?,22+,23-,27+,28-/m1/s1. The van der Waals surface area contributed by atoms with Gasteiger partial charge in [-0.25, -0.2) is 4.79 Å². The summed E-state index contributed by atoms with van der Waals surface area (Å²) in [6.45, 7) is 12.5. The van der Waals surface area contributed by atoms with Gasteiger partial charge in [0, 0.05) is 13.0 Å². The SMILES string of the molecule is C#CCN(C)C(=O)O[C@H]1C(C)=C[C@]23C(O)[C@@H](C=C4COC(C)(C)O[C@H]4[C@]12O)[C@H]1[C@@H](C[C@H]3C)C1(C)C. The summed E-state index contributed by atoms with van der Waals surface area (Å²) in [7, 11) is 1.57. The van der Waals surface area contributed by atoms with Gasteiger partial charge >= 0.3 is 6.09 Å². The maximum absolute atomic E-state index is 13.0. The second-order valence-corrected chi connectivity index (χ2v) is 12.5. The molecule has 0 aromatic carbocycles. The van der Waals surface area contributed by atoms with Crippen LogP contribution in [-0.2, 0) is 14.2 Å². The lowest BCUT2D eigenvalue weighted by Crippen LogP contribution is -2.69. The Morgan fingerprint density at radius 3 is 2.69 bits per heavy atom. The zero-order valence-electron chi connectivity index (χ0n) is 21.9. The van der Waals surface area contributed by atoms with Crippen molar-refractivity contribution in [1.82, 2.24) is 4.90 Å². The highest BCUT2D eigenvalue weighted by Crippen LogP contribution is 2.73. The smallest absolute Gasteiger partial charge is 0.411 e. The zero-order valence-corrected chi connectivity index (χ0v) is 21.9. The molecule has 35 heavy (non-hydrogen) atoms. The number of amides is 1. The topological polar surface area (TPSA) is 88.5 Å². The van der Waals surface area contributed by atoms with Gasteiger partial charge in [-0.05, 0) is 61.5 Å². The summed E-state index contributed by atoms with van der Waals surface area (Å²) in [5, 5.41) is 25.1. The second kappa shape index (κ2) is 7.58. The number of carbonyl (C=O) groups excluding carboxylic acids is 1. The summed E-state index contributed by atoms with van der Waals surface area (Å²) in [5.41, 5.74) is -1.16. The van der Waals surface area contributed by atoms with Gasteiger partial charge in [0.15, 0.2) is 11.9 Å². The van der Waals surface area contributed by atoms with Crippen LogP contribution in [0.5, 0.6) is 0 Å². The number of fused-ring (bicyclic) bond motifs is 5. The molecule has 3 fully saturated rings. The minimum absolute atomic E-state index is 0.0776. The van der Waals surface area contributed by atoms with Gasteiger partial charge in [-0.1, -0.05) is 38.8 Å². The molecule has 9 atom stereocenters. The minimum Gasteiger partial charge on any atom is -0.438 e. The van der Waals surface area contributed by atoms with Crippen LogP contribution in [0, 0.1) is 46.8 Å². The molecule has 2 N–H and O–H groups in total. The quantitative estimate of drug-likeness (QED) is 0.462. The Kier molecular flexibility index (Phi) is 5.38. The molecular weight excluding hydrogens is 446 g/mol. The number of aliphatic hydroxyl groups excluding tert-OH is 1. The number of nitrogens with zero attached hydrogens (tertiary/aromatic N) is 1. The molecule has 1 unspecified atom stereocenters. The summed E-state index contributed by atoms with van der Waals surface area (Å²) >= 11 is 0. The second-order valence-electron chi connectivity index (χ2n) is 12.5. The number of aliphatic hydroxyl groups is 2. The fourth-order valence-corrected chi connectivity index (χ4v) is 8.00. The molecule has 5 rings (SSSR count). The van der Waals surface area contributed by atoms with E-state index in [4.69, 9.17) is 20.6 Å². The Hall–Kier alpha value is -1.85. The summed E-state index contributed by atoms with van der Waals surface area (Å²) < 4.78 is 18.5. The highest BCUT2D eigenvalue weighted by molar-refractivity contribution is 5.68. The van der Waals surface area contributed by atoms with Gasteiger partial charge in [0.05, 0.1) is 24.7 Å². The lowest BCUT2D eigenvalue weighted by Gasteiger charge is -2.55. The summed E-state index contributed by atoms with van der Waals surface area (Å²) in [6.07, 6.45) is 7.04. The van der Waals surface area contributed by atoms with Crippen LogP contribution in [0.2, 0.25) is 0 Å². The van der Waals surface area contributed by atoms with Crippen molar-refractivity contribution >= 4 is 6.09 Å². The van der Waals surface area contributed by atoms with Gasteiger partial charge < -0.3 is 29.3 Å².